The van der Waals surface area contributed by atoms with Crippen LogP contribution >= 0.6 is 8.16 Å². The Balaban J connectivity index is 0. The molecule has 1 rings (SSSR count). The SMILES string of the molecule is CCCCN1C=CN(CCN(C(C)C)C(C)C)C1C.FP(F)(F)(F)F.[F-]. The van der Waals surface area contributed by atoms with Gasteiger partial charge in [0.2, 0.25) is 0 Å². The zero-order chi connectivity index (χ0) is 19.9. The molecule has 0 N–H and O–H groups in total. The van der Waals surface area contributed by atoms with Gasteiger partial charge in [-0.2, -0.15) is 0 Å². The molecule has 1 heterocycles. The summed E-state index contributed by atoms with van der Waals surface area (Å²) in [6, 6.07) is 1.25. The minimum atomic E-state index is -8.55. The fourth-order valence-corrected chi connectivity index (χ4v) is 2.82. The third-order valence-corrected chi connectivity index (χ3v) is 4.12. The van der Waals surface area contributed by atoms with E-state index in [0.29, 0.717) is 18.2 Å². The Morgan fingerprint density at radius 2 is 1.31 bits per heavy atom. The Kier molecular flexibility index (Phi) is 11.9. The molecule has 1 aliphatic heterocycles. The maximum atomic E-state index is 9.84. The van der Waals surface area contributed by atoms with Gasteiger partial charge in [-0.15, -0.1) is 0 Å². The molecule has 0 aromatic rings. The monoisotopic (exact) mass is 412 g/mol. The summed E-state index contributed by atoms with van der Waals surface area (Å²) >= 11 is 0. The average Bonchev–Trinajstić information content (AvgIpc) is 2.74. The van der Waals surface area contributed by atoms with Crippen molar-refractivity contribution in [3.05, 3.63) is 12.4 Å². The van der Waals surface area contributed by atoms with E-state index < -0.39 is 8.16 Å². The van der Waals surface area contributed by atoms with Gasteiger partial charge in [-0.1, -0.05) is 13.3 Å². The molecule has 0 amide bonds. The minimum Gasteiger partial charge on any atom is -1.00 e. The van der Waals surface area contributed by atoms with Crippen LogP contribution in [0.15, 0.2) is 12.4 Å². The quantitative estimate of drug-likeness (QED) is 0.448. The second-order valence-electron chi connectivity index (χ2n) is 6.82. The molecule has 0 aromatic carbocycles. The second kappa shape index (κ2) is 11.2. The topological polar surface area (TPSA) is 9.72 Å². The molecular weight excluding hydrogens is 379 g/mol. The van der Waals surface area contributed by atoms with Crippen molar-refractivity contribution >= 4 is 8.16 Å². The van der Waals surface area contributed by atoms with Gasteiger partial charge >= 0.3 is 29.1 Å². The zero-order valence-corrected chi connectivity index (χ0v) is 17.4. The van der Waals surface area contributed by atoms with E-state index in [2.05, 4.69) is 68.6 Å². The summed E-state index contributed by atoms with van der Waals surface area (Å²) < 4.78 is 49.2. The Labute approximate surface area is 154 Å². The Hall–Kier alpha value is -0.690. The summed E-state index contributed by atoms with van der Waals surface area (Å²) in [5.41, 5.74) is 0. The first-order valence-electron chi connectivity index (χ1n) is 8.77. The fourth-order valence-electron chi connectivity index (χ4n) is 2.82. The van der Waals surface area contributed by atoms with Gasteiger partial charge in [0.1, 0.15) is 0 Å². The zero-order valence-electron chi connectivity index (χ0n) is 16.5. The van der Waals surface area contributed by atoms with Gasteiger partial charge in [-0.3, -0.25) is 4.90 Å². The first-order valence-corrected chi connectivity index (χ1v) is 10.5. The number of nitrogens with zero attached hydrogens (tertiary/aromatic N) is 3. The third-order valence-electron chi connectivity index (χ3n) is 4.12. The molecule has 0 bridgehead atoms. The molecule has 0 radical (unpaired) electrons. The van der Waals surface area contributed by atoms with Gasteiger partial charge < -0.3 is 14.5 Å². The third kappa shape index (κ3) is 13.5. The van der Waals surface area contributed by atoms with Crippen molar-refractivity contribution in [2.75, 3.05) is 19.6 Å². The van der Waals surface area contributed by atoms with Gasteiger partial charge in [0, 0.05) is 44.1 Å². The molecule has 10 heteroatoms. The van der Waals surface area contributed by atoms with Crippen molar-refractivity contribution in [2.24, 2.45) is 0 Å². The Morgan fingerprint density at radius 3 is 1.65 bits per heavy atom. The average molecular weight is 412 g/mol. The molecule has 1 atom stereocenters. The van der Waals surface area contributed by atoms with Crippen molar-refractivity contribution in [1.82, 2.24) is 14.7 Å². The molecule has 160 valence electrons. The molecule has 0 saturated heterocycles. The largest absolute Gasteiger partial charge is 1.00 e. The Bertz CT molecular complexity index is 388. The van der Waals surface area contributed by atoms with Crippen LogP contribution in [0.4, 0.5) is 21.0 Å². The van der Waals surface area contributed by atoms with E-state index >= 15 is 0 Å². The Morgan fingerprint density at radius 1 is 0.923 bits per heavy atom. The van der Waals surface area contributed by atoms with Crippen LogP contribution in [-0.2, 0) is 0 Å². The maximum absolute atomic E-state index is 9.84. The van der Waals surface area contributed by atoms with Crippen LogP contribution in [0, 0.1) is 0 Å². The van der Waals surface area contributed by atoms with Gasteiger partial charge in [0.25, 0.3) is 0 Å². The van der Waals surface area contributed by atoms with Crippen molar-refractivity contribution in [2.45, 2.75) is 72.6 Å². The van der Waals surface area contributed by atoms with Crippen molar-refractivity contribution in [3.63, 3.8) is 0 Å². The number of rotatable bonds is 8. The van der Waals surface area contributed by atoms with Gasteiger partial charge in [-0.25, -0.2) is 0 Å². The molecule has 0 aromatic heterocycles. The fraction of sp³-hybridized carbons (Fsp3) is 0.875. The summed E-state index contributed by atoms with van der Waals surface area (Å²) in [5, 5.41) is 0. The van der Waals surface area contributed by atoms with Gasteiger partial charge in [0.15, 0.2) is 0 Å². The van der Waals surface area contributed by atoms with E-state index in [9.17, 15) is 21.0 Å². The molecule has 1 unspecified atom stereocenters. The van der Waals surface area contributed by atoms with Crippen LogP contribution in [0.2, 0.25) is 0 Å². The molecule has 0 spiro atoms. The van der Waals surface area contributed by atoms with E-state index in [1.165, 1.54) is 19.4 Å². The van der Waals surface area contributed by atoms with E-state index in [1.54, 1.807) is 0 Å². The molecule has 26 heavy (non-hydrogen) atoms. The van der Waals surface area contributed by atoms with Crippen molar-refractivity contribution in [1.29, 1.82) is 0 Å². The summed E-state index contributed by atoms with van der Waals surface area (Å²) in [6.07, 6.45) is 7.60. The smallest absolute Gasteiger partial charge is 1.00 e. The molecule has 0 saturated carbocycles. The molecule has 0 fully saturated rings. The number of unbranched alkanes of at least 4 members (excludes halogenated alkanes) is 1. The van der Waals surface area contributed by atoms with Crippen LogP contribution in [0.3, 0.4) is 0 Å². The molecular formula is C16H33F6N3P-. The van der Waals surface area contributed by atoms with Gasteiger partial charge in [0.05, 0.1) is 6.17 Å². The van der Waals surface area contributed by atoms with E-state index in [4.69, 9.17) is 0 Å². The van der Waals surface area contributed by atoms with Crippen LogP contribution in [0.25, 0.3) is 0 Å². The number of hydrogen-bond donors (Lipinski definition) is 0. The first kappa shape index (κ1) is 27.5. The number of hydrogen-bond acceptors (Lipinski definition) is 3. The minimum absolute atomic E-state index is 0. The second-order valence-corrected chi connectivity index (χ2v) is 8.10. The van der Waals surface area contributed by atoms with Crippen molar-refractivity contribution in [3.8, 4) is 0 Å². The summed E-state index contributed by atoms with van der Waals surface area (Å²) in [7, 11) is -8.55. The standard InChI is InChI=1S/C16H33N3.F5P.FH/c1-7-8-9-17-10-11-18(16(17)6)12-13-19(14(2)3)15(4)5;1-6(2,3,4)5;/h10-11,14-16H,7-9,12-13H2,1-6H3;;1H/p-1. The van der Waals surface area contributed by atoms with Crippen LogP contribution < -0.4 is 4.70 Å². The summed E-state index contributed by atoms with van der Waals surface area (Å²) in [5.74, 6) is 0. The molecule has 0 aliphatic carbocycles. The van der Waals surface area contributed by atoms with E-state index in [0.717, 1.165) is 13.1 Å². The maximum Gasteiger partial charge on any atom is -1.00 e. The van der Waals surface area contributed by atoms with Crippen LogP contribution in [0.1, 0.15) is 54.4 Å². The van der Waals surface area contributed by atoms with Crippen molar-refractivity contribution < 1.29 is 25.7 Å². The van der Waals surface area contributed by atoms with E-state index in [1.807, 2.05) is 0 Å². The number of halogens is 6. The molecule has 1 aliphatic rings. The van der Waals surface area contributed by atoms with Crippen LogP contribution in [0.5, 0.6) is 0 Å². The normalized spacial score (nSPS) is 18.7. The first-order chi connectivity index (χ1) is 11.2. The van der Waals surface area contributed by atoms with Crippen LogP contribution in [-0.4, -0.2) is 52.6 Å². The molecule has 3 nitrogen and oxygen atoms in total. The van der Waals surface area contributed by atoms with Gasteiger partial charge in [-0.05, 0) is 41.0 Å². The predicted molar refractivity (Wildman–Crippen MR) is 96.4 cm³/mol. The van der Waals surface area contributed by atoms with E-state index in [-0.39, 0.29) is 4.70 Å². The predicted octanol–water partition coefficient (Wildman–Crippen LogP) is 3.31. The summed E-state index contributed by atoms with van der Waals surface area (Å²) in [6.45, 7) is 17.2. The summed E-state index contributed by atoms with van der Waals surface area (Å²) in [4.78, 5) is 7.49.